The Balaban J connectivity index is 1.95. The van der Waals surface area contributed by atoms with Gasteiger partial charge in [-0.2, -0.15) is 13.2 Å². The number of Topliss-reactive ketones (excluding diaryl/α,β-unsaturated/α-hetero) is 1. The molecule has 25 heavy (non-hydrogen) atoms. The molecule has 1 aliphatic rings. The van der Waals surface area contributed by atoms with E-state index in [1.54, 1.807) is 0 Å². The van der Waals surface area contributed by atoms with Gasteiger partial charge in [0.2, 0.25) is 5.91 Å². The number of ketones is 1. The Labute approximate surface area is 140 Å². The quantitative estimate of drug-likeness (QED) is 0.601. The Hall–Kier alpha value is -2.91. The van der Waals surface area contributed by atoms with Crippen LogP contribution in [0.3, 0.4) is 0 Å². The highest BCUT2D eigenvalue weighted by atomic mass is 19.4. The lowest BCUT2D eigenvalue weighted by atomic mass is 10.1. The topological polar surface area (TPSA) is 101 Å². The minimum Gasteiger partial charge on any atom is -0.302 e. The summed E-state index contributed by atoms with van der Waals surface area (Å²) in [7, 11) is 0. The molecule has 1 amide bonds. The number of nitrogens with zero attached hydrogens (tertiary/aromatic N) is 1. The van der Waals surface area contributed by atoms with Crippen molar-refractivity contribution >= 4 is 17.4 Å². The number of non-ortho nitro benzene ring substituents is 1. The molecule has 1 aromatic carbocycles. The Bertz CT molecular complexity index is 727. The van der Waals surface area contributed by atoms with E-state index in [2.05, 4.69) is 10.9 Å². The molecule has 1 aliphatic carbocycles. The van der Waals surface area contributed by atoms with Crippen LogP contribution in [-0.2, 0) is 16.0 Å². The standard InChI is InChI=1S/C15H14F3N3O4/c16-15(17,18)14(23)11-2-1-3-12(11)19-20-13(22)8-9-4-6-10(7-5-9)21(24)25/h4-7,19H,1-3,8H2,(H,20,22). The molecular weight excluding hydrogens is 343 g/mol. The summed E-state index contributed by atoms with van der Waals surface area (Å²) in [6.07, 6.45) is -4.46. The molecule has 0 radical (unpaired) electrons. The predicted octanol–water partition coefficient (Wildman–Crippen LogP) is 2.33. The maximum atomic E-state index is 12.5. The van der Waals surface area contributed by atoms with Crippen LogP contribution in [0.4, 0.5) is 18.9 Å². The van der Waals surface area contributed by atoms with E-state index in [-0.39, 0.29) is 36.2 Å². The number of halogens is 3. The molecule has 7 nitrogen and oxygen atoms in total. The molecule has 0 atom stereocenters. The van der Waals surface area contributed by atoms with Gasteiger partial charge in [0.1, 0.15) is 0 Å². The normalized spacial score (nSPS) is 14.4. The SMILES string of the molecule is O=C(Cc1ccc([N+](=O)[O-])cc1)NNC1=C(C(=O)C(F)(F)F)CCC1. The van der Waals surface area contributed by atoms with Crippen LogP contribution in [0.1, 0.15) is 24.8 Å². The zero-order valence-electron chi connectivity index (χ0n) is 12.9. The van der Waals surface area contributed by atoms with Crippen LogP contribution in [0.2, 0.25) is 0 Å². The molecule has 0 bridgehead atoms. The fourth-order valence-corrected chi connectivity index (χ4v) is 2.41. The largest absolute Gasteiger partial charge is 0.454 e. The Morgan fingerprint density at radius 1 is 1.16 bits per heavy atom. The van der Waals surface area contributed by atoms with Gasteiger partial charge < -0.3 is 5.43 Å². The van der Waals surface area contributed by atoms with Gasteiger partial charge in [0.25, 0.3) is 11.5 Å². The summed E-state index contributed by atoms with van der Waals surface area (Å²) in [6.45, 7) is 0. The van der Waals surface area contributed by atoms with Crippen molar-refractivity contribution in [3.05, 3.63) is 51.2 Å². The molecule has 0 spiro atoms. The van der Waals surface area contributed by atoms with Crippen LogP contribution >= 0.6 is 0 Å². The van der Waals surface area contributed by atoms with Crippen molar-refractivity contribution < 1.29 is 27.7 Å². The van der Waals surface area contributed by atoms with Crippen LogP contribution in [0.5, 0.6) is 0 Å². The third kappa shape index (κ3) is 4.78. The highest BCUT2D eigenvalue weighted by molar-refractivity contribution is 6.00. The first kappa shape index (κ1) is 18.4. The summed E-state index contributed by atoms with van der Waals surface area (Å²) in [5.74, 6) is -2.45. The number of nitrogens with one attached hydrogen (secondary N) is 2. The van der Waals surface area contributed by atoms with Crippen molar-refractivity contribution in [2.45, 2.75) is 31.9 Å². The van der Waals surface area contributed by atoms with E-state index in [0.29, 0.717) is 12.0 Å². The molecule has 0 heterocycles. The highest BCUT2D eigenvalue weighted by Gasteiger charge is 2.42. The Morgan fingerprint density at radius 3 is 2.36 bits per heavy atom. The molecule has 2 N–H and O–H groups in total. The van der Waals surface area contributed by atoms with Crippen LogP contribution < -0.4 is 10.9 Å². The summed E-state index contributed by atoms with van der Waals surface area (Å²) < 4.78 is 37.5. The summed E-state index contributed by atoms with van der Waals surface area (Å²) in [6, 6.07) is 5.31. The van der Waals surface area contributed by atoms with Gasteiger partial charge in [0.15, 0.2) is 0 Å². The van der Waals surface area contributed by atoms with Gasteiger partial charge >= 0.3 is 6.18 Å². The molecule has 2 rings (SSSR count). The zero-order valence-corrected chi connectivity index (χ0v) is 12.9. The van der Waals surface area contributed by atoms with E-state index in [0.717, 1.165) is 0 Å². The number of carbonyl (C=O) groups is 2. The molecule has 0 aromatic heterocycles. The number of allylic oxidation sites excluding steroid dienone is 2. The number of hydrazine groups is 1. The van der Waals surface area contributed by atoms with E-state index in [4.69, 9.17) is 0 Å². The molecule has 0 aliphatic heterocycles. The monoisotopic (exact) mass is 357 g/mol. The molecule has 0 saturated heterocycles. The average Bonchev–Trinajstić information content (AvgIpc) is 3.00. The number of nitro groups is 1. The van der Waals surface area contributed by atoms with Crippen LogP contribution in [0.25, 0.3) is 0 Å². The van der Waals surface area contributed by atoms with Gasteiger partial charge in [-0.3, -0.25) is 25.1 Å². The third-order valence-corrected chi connectivity index (χ3v) is 3.61. The van der Waals surface area contributed by atoms with E-state index in [9.17, 15) is 32.9 Å². The molecule has 10 heteroatoms. The maximum Gasteiger partial charge on any atom is 0.454 e. The van der Waals surface area contributed by atoms with E-state index >= 15 is 0 Å². The second-order valence-electron chi connectivity index (χ2n) is 5.41. The van der Waals surface area contributed by atoms with Crippen molar-refractivity contribution in [2.75, 3.05) is 0 Å². The average molecular weight is 357 g/mol. The van der Waals surface area contributed by atoms with Crippen molar-refractivity contribution in [1.29, 1.82) is 0 Å². The number of carbonyl (C=O) groups excluding carboxylic acids is 2. The van der Waals surface area contributed by atoms with Crippen molar-refractivity contribution in [2.24, 2.45) is 0 Å². The number of benzene rings is 1. The predicted molar refractivity (Wildman–Crippen MR) is 80.0 cm³/mol. The minimum atomic E-state index is -4.95. The molecule has 0 fully saturated rings. The van der Waals surface area contributed by atoms with Gasteiger partial charge in [0.05, 0.1) is 11.3 Å². The lowest BCUT2D eigenvalue weighted by Gasteiger charge is -2.12. The van der Waals surface area contributed by atoms with Gasteiger partial charge in [-0.1, -0.05) is 12.1 Å². The van der Waals surface area contributed by atoms with Gasteiger partial charge in [-0.15, -0.1) is 0 Å². The van der Waals surface area contributed by atoms with Crippen molar-refractivity contribution in [3.8, 4) is 0 Å². The second kappa shape index (κ2) is 7.32. The number of alkyl halides is 3. The molecular formula is C15H14F3N3O4. The number of nitro benzene ring substituents is 1. The van der Waals surface area contributed by atoms with Crippen molar-refractivity contribution in [3.63, 3.8) is 0 Å². The molecule has 0 unspecified atom stereocenters. The van der Waals surface area contributed by atoms with Gasteiger partial charge in [0, 0.05) is 23.4 Å². The van der Waals surface area contributed by atoms with Crippen LogP contribution in [-0.4, -0.2) is 22.8 Å². The number of rotatable bonds is 6. The van der Waals surface area contributed by atoms with E-state index in [1.807, 2.05) is 0 Å². The summed E-state index contributed by atoms with van der Waals surface area (Å²) in [4.78, 5) is 33.1. The fraction of sp³-hybridized carbons (Fsp3) is 0.333. The molecule has 134 valence electrons. The first-order valence-corrected chi connectivity index (χ1v) is 7.30. The summed E-state index contributed by atoms with van der Waals surface area (Å²) in [5.41, 5.74) is 4.69. The van der Waals surface area contributed by atoms with Crippen molar-refractivity contribution in [1.82, 2.24) is 10.9 Å². The smallest absolute Gasteiger partial charge is 0.302 e. The molecule has 1 aromatic rings. The molecule has 0 saturated carbocycles. The summed E-state index contributed by atoms with van der Waals surface area (Å²) >= 11 is 0. The second-order valence-corrected chi connectivity index (χ2v) is 5.41. The van der Waals surface area contributed by atoms with Crippen LogP contribution in [0, 0.1) is 10.1 Å². The third-order valence-electron chi connectivity index (χ3n) is 3.61. The number of hydrogen-bond acceptors (Lipinski definition) is 5. The maximum absolute atomic E-state index is 12.5. The fourth-order valence-electron chi connectivity index (χ4n) is 2.41. The Kier molecular flexibility index (Phi) is 5.40. The van der Waals surface area contributed by atoms with E-state index < -0.39 is 22.8 Å². The first-order chi connectivity index (χ1) is 11.7. The zero-order chi connectivity index (χ0) is 18.6. The first-order valence-electron chi connectivity index (χ1n) is 7.30. The minimum absolute atomic E-state index is 0.00109. The summed E-state index contributed by atoms with van der Waals surface area (Å²) in [5, 5.41) is 10.5. The Morgan fingerprint density at radius 2 is 1.80 bits per heavy atom. The lowest BCUT2D eigenvalue weighted by molar-refractivity contribution is -0.384. The number of hydrogen-bond donors (Lipinski definition) is 2. The lowest BCUT2D eigenvalue weighted by Crippen LogP contribution is -2.38. The van der Waals surface area contributed by atoms with Gasteiger partial charge in [-0.25, -0.2) is 0 Å². The van der Waals surface area contributed by atoms with Gasteiger partial charge in [-0.05, 0) is 24.8 Å². The number of amides is 1. The van der Waals surface area contributed by atoms with Crippen LogP contribution in [0.15, 0.2) is 35.5 Å². The highest BCUT2D eigenvalue weighted by Crippen LogP contribution is 2.30. The van der Waals surface area contributed by atoms with E-state index in [1.165, 1.54) is 24.3 Å².